The van der Waals surface area contributed by atoms with Gasteiger partial charge in [-0.1, -0.05) is 0 Å². The summed E-state index contributed by atoms with van der Waals surface area (Å²) in [4.78, 5) is 9.69. The van der Waals surface area contributed by atoms with E-state index in [1.807, 2.05) is 6.07 Å². The van der Waals surface area contributed by atoms with E-state index in [1.54, 1.807) is 6.07 Å². The molecular weight excluding hydrogens is 204 g/mol. The Bertz CT molecular complexity index is 356. The Morgan fingerprint density at radius 1 is 1.64 bits per heavy atom. The Labute approximate surface area is 84.9 Å². The van der Waals surface area contributed by atoms with Crippen molar-refractivity contribution < 1.29 is 9.34 Å². The summed E-state index contributed by atoms with van der Waals surface area (Å²) in [6.45, 7) is 0. The summed E-state index contributed by atoms with van der Waals surface area (Å²) < 4.78 is 4.92. The maximum atomic E-state index is 10.3. The zero-order chi connectivity index (χ0) is 10.4. The smallest absolute Gasteiger partial charge is 0.405 e. The quantitative estimate of drug-likeness (QED) is 0.425. The zero-order valence-corrected chi connectivity index (χ0v) is 8.12. The van der Waals surface area contributed by atoms with Gasteiger partial charge in [0.15, 0.2) is 0 Å². The average molecular weight is 212 g/mol. The van der Waals surface area contributed by atoms with Crippen LogP contribution < -0.4 is 0 Å². The molecule has 0 N–H and O–H groups in total. The Balaban J connectivity index is 2.37. The highest BCUT2D eigenvalue weighted by Crippen LogP contribution is 2.20. The van der Waals surface area contributed by atoms with Crippen molar-refractivity contribution in [2.75, 3.05) is 5.75 Å². The number of hydrogen-bond donors (Lipinski definition) is 0. The molecule has 0 unspecified atom stereocenters. The minimum Gasteiger partial charge on any atom is -0.405 e. The second-order valence-electron chi connectivity index (χ2n) is 2.46. The van der Waals surface area contributed by atoms with Gasteiger partial charge in [0.25, 0.3) is 0 Å². The zero-order valence-electron chi connectivity index (χ0n) is 7.30. The van der Waals surface area contributed by atoms with Crippen molar-refractivity contribution in [3.8, 4) is 6.07 Å². The summed E-state index contributed by atoms with van der Waals surface area (Å²) in [5.74, 6) is 1.61. The first-order chi connectivity index (χ1) is 6.74. The molecule has 0 aliphatic rings. The van der Waals surface area contributed by atoms with E-state index in [4.69, 9.17) is 9.68 Å². The van der Waals surface area contributed by atoms with Crippen LogP contribution >= 0.6 is 11.8 Å². The Morgan fingerprint density at radius 3 is 3.00 bits per heavy atom. The fourth-order valence-electron chi connectivity index (χ4n) is 0.833. The average Bonchev–Trinajstić information content (AvgIpc) is 2.61. The minimum absolute atomic E-state index is 0.235. The van der Waals surface area contributed by atoms with Gasteiger partial charge < -0.3 is 4.42 Å². The third kappa shape index (κ3) is 3.11. The lowest BCUT2D eigenvalue weighted by atomic mass is 10.5. The molecule has 0 aliphatic heterocycles. The molecule has 0 saturated carbocycles. The lowest BCUT2D eigenvalue weighted by Gasteiger charge is -1.92. The molecule has 14 heavy (non-hydrogen) atoms. The van der Waals surface area contributed by atoms with Gasteiger partial charge in [0.2, 0.25) is 0 Å². The molecule has 5 nitrogen and oxygen atoms in total. The molecule has 0 radical (unpaired) electrons. The highest BCUT2D eigenvalue weighted by molar-refractivity contribution is 7.98. The van der Waals surface area contributed by atoms with E-state index in [1.165, 1.54) is 17.8 Å². The minimum atomic E-state index is -0.566. The first-order valence-corrected chi connectivity index (χ1v) is 5.07. The van der Waals surface area contributed by atoms with E-state index in [0.29, 0.717) is 23.7 Å². The van der Waals surface area contributed by atoms with Crippen LogP contribution in [-0.4, -0.2) is 10.7 Å². The summed E-state index contributed by atoms with van der Waals surface area (Å²) in [7, 11) is 0. The van der Waals surface area contributed by atoms with Gasteiger partial charge >= 0.3 is 5.88 Å². The second-order valence-corrected chi connectivity index (χ2v) is 3.56. The van der Waals surface area contributed by atoms with Crippen molar-refractivity contribution in [2.24, 2.45) is 0 Å². The standard InChI is InChI=1S/C8H8N2O3S/c9-4-1-5-14-6-7-2-3-8(13-7)10(11)12/h2-3H,1,5-6H2. The normalized spacial score (nSPS) is 9.64. The third-order valence-electron chi connectivity index (χ3n) is 1.43. The van der Waals surface area contributed by atoms with E-state index in [9.17, 15) is 10.1 Å². The van der Waals surface area contributed by atoms with E-state index in [2.05, 4.69) is 0 Å². The predicted molar refractivity (Wildman–Crippen MR) is 51.8 cm³/mol. The Morgan fingerprint density at radius 2 is 2.43 bits per heavy atom. The summed E-state index contributed by atoms with van der Waals surface area (Å²) in [5.41, 5.74) is 0. The molecule has 0 aromatic carbocycles. The summed E-state index contributed by atoms with van der Waals surface area (Å²) in [5, 5.41) is 18.5. The predicted octanol–water partition coefficient (Wildman–Crippen LogP) is 2.33. The number of rotatable bonds is 5. The maximum absolute atomic E-state index is 10.3. The van der Waals surface area contributed by atoms with Crippen molar-refractivity contribution in [3.63, 3.8) is 0 Å². The number of nitro groups is 1. The summed E-state index contributed by atoms with van der Waals surface area (Å²) >= 11 is 1.52. The molecule has 6 heteroatoms. The monoisotopic (exact) mass is 212 g/mol. The largest absolute Gasteiger partial charge is 0.433 e. The van der Waals surface area contributed by atoms with E-state index >= 15 is 0 Å². The number of nitrogens with zero attached hydrogens (tertiary/aromatic N) is 2. The van der Waals surface area contributed by atoms with Crippen LogP contribution in [0.15, 0.2) is 16.5 Å². The molecule has 0 aliphatic carbocycles. The molecule has 1 rings (SSSR count). The molecule has 0 atom stereocenters. The van der Waals surface area contributed by atoms with Crippen LogP contribution in [0.1, 0.15) is 12.2 Å². The molecule has 74 valence electrons. The van der Waals surface area contributed by atoms with Gasteiger partial charge in [-0.3, -0.25) is 10.1 Å². The number of nitriles is 1. The fraction of sp³-hybridized carbons (Fsp3) is 0.375. The van der Waals surface area contributed by atoms with Gasteiger partial charge in [0.1, 0.15) is 10.7 Å². The van der Waals surface area contributed by atoms with E-state index in [0.717, 1.165) is 0 Å². The van der Waals surface area contributed by atoms with Gasteiger partial charge in [-0.15, -0.1) is 0 Å². The fourth-order valence-corrected chi connectivity index (χ4v) is 1.57. The second kappa shape index (κ2) is 5.29. The summed E-state index contributed by atoms with van der Waals surface area (Å²) in [6, 6.07) is 4.93. The van der Waals surface area contributed by atoms with Crippen LogP contribution in [0.4, 0.5) is 5.88 Å². The molecule has 1 aromatic heterocycles. The van der Waals surface area contributed by atoms with E-state index < -0.39 is 4.92 Å². The molecule has 1 heterocycles. The first-order valence-electron chi connectivity index (χ1n) is 3.92. The van der Waals surface area contributed by atoms with Gasteiger partial charge in [-0.2, -0.15) is 17.0 Å². The SMILES string of the molecule is N#CCCSCc1ccc([N+](=O)[O-])o1. The molecule has 1 aromatic rings. The van der Waals surface area contributed by atoms with E-state index in [-0.39, 0.29) is 5.88 Å². The Kier molecular flexibility index (Phi) is 4.01. The molecule has 0 bridgehead atoms. The topological polar surface area (TPSA) is 80.1 Å². The van der Waals surface area contributed by atoms with Gasteiger partial charge in [-0.25, -0.2) is 0 Å². The molecule has 0 fully saturated rings. The van der Waals surface area contributed by atoms with Gasteiger partial charge in [0.05, 0.1) is 17.9 Å². The number of furan rings is 1. The Hall–Kier alpha value is -1.48. The van der Waals surface area contributed by atoms with Crippen molar-refractivity contribution in [2.45, 2.75) is 12.2 Å². The van der Waals surface area contributed by atoms with Crippen LogP contribution in [-0.2, 0) is 5.75 Å². The van der Waals surface area contributed by atoms with Gasteiger partial charge in [-0.05, 0) is 6.07 Å². The molecule has 0 spiro atoms. The molecule has 0 amide bonds. The third-order valence-corrected chi connectivity index (χ3v) is 2.41. The molecule has 0 saturated heterocycles. The highest BCUT2D eigenvalue weighted by Gasteiger charge is 2.11. The van der Waals surface area contributed by atoms with Crippen LogP contribution in [0.3, 0.4) is 0 Å². The summed E-state index contributed by atoms with van der Waals surface area (Å²) in [6.07, 6.45) is 0.480. The van der Waals surface area contributed by atoms with Crippen LogP contribution in [0.5, 0.6) is 0 Å². The lowest BCUT2D eigenvalue weighted by molar-refractivity contribution is -0.402. The molecular formula is C8H8N2O3S. The van der Waals surface area contributed by atoms with Crippen molar-refractivity contribution in [1.29, 1.82) is 5.26 Å². The maximum Gasteiger partial charge on any atom is 0.433 e. The lowest BCUT2D eigenvalue weighted by Crippen LogP contribution is -1.83. The van der Waals surface area contributed by atoms with Crippen LogP contribution in [0.25, 0.3) is 0 Å². The first kappa shape index (κ1) is 10.6. The van der Waals surface area contributed by atoms with Crippen LogP contribution in [0, 0.1) is 21.4 Å². The highest BCUT2D eigenvalue weighted by atomic mass is 32.2. The number of thioether (sulfide) groups is 1. The van der Waals surface area contributed by atoms with Crippen molar-refractivity contribution in [3.05, 3.63) is 28.0 Å². The van der Waals surface area contributed by atoms with Crippen molar-refractivity contribution in [1.82, 2.24) is 0 Å². The number of hydrogen-bond acceptors (Lipinski definition) is 5. The van der Waals surface area contributed by atoms with Crippen LogP contribution in [0.2, 0.25) is 0 Å². The van der Waals surface area contributed by atoms with Crippen molar-refractivity contribution >= 4 is 17.6 Å². The van der Waals surface area contributed by atoms with Gasteiger partial charge in [0, 0.05) is 12.2 Å².